The highest BCUT2D eigenvalue weighted by atomic mass is 15.1. The summed E-state index contributed by atoms with van der Waals surface area (Å²) in [5.41, 5.74) is 2.13. The Morgan fingerprint density at radius 3 is 2.47 bits per heavy atom. The zero-order chi connectivity index (χ0) is 11.9. The van der Waals surface area contributed by atoms with Crippen molar-refractivity contribution in [2.45, 2.75) is 56.9 Å². The van der Waals surface area contributed by atoms with E-state index >= 15 is 0 Å². The SMILES string of the molecule is CC1(c2cncn2C2(C)CCC2)CCNCC1. The molecule has 1 aromatic rings. The summed E-state index contributed by atoms with van der Waals surface area (Å²) < 4.78 is 2.47. The molecule has 3 rings (SSSR count). The van der Waals surface area contributed by atoms with Crippen LogP contribution in [0.4, 0.5) is 0 Å². The van der Waals surface area contributed by atoms with E-state index in [1.807, 2.05) is 0 Å². The van der Waals surface area contributed by atoms with Crippen molar-refractivity contribution in [3.63, 3.8) is 0 Å². The molecule has 1 aromatic heterocycles. The molecule has 1 aliphatic heterocycles. The predicted octanol–water partition coefficient (Wildman–Crippen LogP) is 2.42. The van der Waals surface area contributed by atoms with Crippen LogP contribution in [-0.4, -0.2) is 22.6 Å². The first-order chi connectivity index (χ1) is 8.14. The van der Waals surface area contributed by atoms with Gasteiger partial charge in [-0.15, -0.1) is 0 Å². The molecule has 17 heavy (non-hydrogen) atoms. The molecule has 0 atom stereocenters. The van der Waals surface area contributed by atoms with Gasteiger partial charge in [-0.3, -0.25) is 0 Å². The third-order valence-corrected chi connectivity index (χ3v) is 4.98. The van der Waals surface area contributed by atoms with Crippen molar-refractivity contribution in [2.24, 2.45) is 0 Å². The molecule has 1 aliphatic carbocycles. The summed E-state index contributed by atoms with van der Waals surface area (Å²) in [6, 6.07) is 0. The quantitative estimate of drug-likeness (QED) is 0.850. The van der Waals surface area contributed by atoms with Crippen molar-refractivity contribution in [1.29, 1.82) is 0 Å². The molecule has 1 saturated carbocycles. The molecule has 1 N–H and O–H groups in total. The lowest BCUT2D eigenvalue weighted by Gasteiger charge is -2.44. The van der Waals surface area contributed by atoms with E-state index in [2.05, 4.69) is 41.2 Å². The van der Waals surface area contributed by atoms with E-state index in [0.717, 1.165) is 13.1 Å². The van der Waals surface area contributed by atoms with Crippen molar-refractivity contribution in [1.82, 2.24) is 14.9 Å². The summed E-state index contributed by atoms with van der Waals surface area (Å²) in [6.07, 6.45) is 10.6. The average molecular weight is 233 g/mol. The van der Waals surface area contributed by atoms with Crippen molar-refractivity contribution < 1.29 is 0 Å². The Balaban J connectivity index is 1.95. The van der Waals surface area contributed by atoms with E-state index in [-0.39, 0.29) is 0 Å². The maximum absolute atomic E-state index is 4.43. The Bertz CT molecular complexity index is 397. The normalized spacial score (nSPS) is 26.5. The summed E-state index contributed by atoms with van der Waals surface area (Å²) in [6.45, 7) is 7.06. The molecule has 1 saturated heterocycles. The fourth-order valence-corrected chi connectivity index (χ4v) is 3.34. The Labute approximate surface area is 104 Å². The number of aromatic nitrogens is 2. The number of piperidine rings is 1. The minimum Gasteiger partial charge on any atom is -0.328 e. The third kappa shape index (κ3) is 1.71. The van der Waals surface area contributed by atoms with Gasteiger partial charge in [-0.05, 0) is 52.1 Å². The standard InChI is InChI=1S/C14H23N3/c1-13(6-8-15-9-7-13)12-10-16-11-17(12)14(2)4-3-5-14/h10-11,15H,3-9H2,1-2H3. The third-order valence-electron chi connectivity index (χ3n) is 4.98. The fourth-order valence-electron chi connectivity index (χ4n) is 3.34. The Kier molecular flexibility index (Phi) is 2.54. The van der Waals surface area contributed by atoms with Crippen LogP contribution in [0.15, 0.2) is 12.5 Å². The minimum absolute atomic E-state index is 0.320. The summed E-state index contributed by atoms with van der Waals surface area (Å²) >= 11 is 0. The minimum atomic E-state index is 0.320. The molecule has 0 radical (unpaired) electrons. The van der Waals surface area contributed by atoms with E-state index < -0.39 is 0 Å². The second kappa shape index (κ2) is 3.84. The van der Waals surface area contributed by atoms with Gasteiger partial charge < -0.3 is 9.88 Å². The first kappa shape index (κ1) is 11.3. The van der Waals surface area contributed by atoms with E-state index in [1.165, 1.54) is 37.8 Å². The van der Waals surface area contributed by atoms with Crippen LogP contribution in [-0.2, 0) is 11.0 Å². The van der Waals surface area contributed by atoms with E-state index in [4.69, 9.17) is 0 Å². The molecule has 0 spiro atoms. The highest BCUT2D eigenvalue weighted by molar-refractivity contribution is 5.18. The van der Waals surface area contributed by atoms with Gasteiger partial charge >= 0.3 is 0 Å². The topological polar surface area (TPSA) is 29.9 Å². The van der Waals surface area contributed by atoms with Crippen molar-refractivity contribution >= 4 is 0 Å². The number of nitrogens with one attached hydrogen (secondary N) is 1. The molecule has 2 fully saturated rings. The molecule has 2 heterocycles. The van der Waals surface area contributed by atoms with Gasteiger partial charge in [-0.25, -0.2) is 4.98 Å². The fraction of sp³-hybridized carbons (Fsp3) is 0.786. The molecular formula is C14H23N3. The predicted molar refractivity (Wildman–Crippen MR) is 69.2 cm³/mol. The van der Waals surface area contributed by atoms with Gasteiger partial charge in [0, 0.05) is 22.8 Å². The van der Waals surface area contributed by atoms with Crippen LogP contribution in [0.3, 0.4) is 0 Å². The second-order valence-electron chi connectivity index (χ2n) is 6.31. The highest BCUT2D eigenvalue weighted by Crippen LogP contribution is 2.43. The molecule has 0 amide bonds. The van der Waals surface area contributed by atoms with Gasteiger partial charge in [0.1, 0.15) is 0 Å². The van der Waals surface area contributed by atoms with Crippen molar-refractivity contribution in [3.8, 4) is 0 Å². The highest BCUT2D eigenvalue weighted by Gasteiger charge is 2.39. The molecule has 0 bridgehead atoms. The molecule has 0 unspecified atom stereocenters. The molecule has 94 valence electrons. The molecule has 3 nitrogen and oxygen atoms in total. The molecule has 2 aliphatic rings. The van der Waals surface area contributed by atoms with Crippen LogP contribution < -0.4 is 5.32 Å². The van der Waals surface area contributed by atoms with Gasteiger partial charge in [0.2, 0.25) is 0 Å². The smallest absolute Gasteiger partial charge is 0.0953 e. The average Bonchev–Trinajstić information content (AvgIpc) is 2.77. The number of nitrogens with zero attached hydrogens (tertiary/aromatic N) is 2. The van der Waals surface area contributed by atoms with Crippen molar-refractivity contribution in [3.05, 3.63) is 18.2 Å². The van der Waals surface area contributed by atoms with Gasteiger partial charge in [-0.2, -0.15) is 0 Å². The molecule has 0 aromatic carbocycles. The lowest BCUT2D eigenvalue weighted by atomic mass is 9.74. The molecule has 3 heteroatoms. The van der Waals surface area contributed by atoms with Gasteiger partial charge in [-0.1, -0.05) is 6.92 Å². The zero-order valence-corrected chi connectivity index (χ0v) is 11.0. The summed E-state index contributed by atoms with van der Waals surface area (Å²) in [4.78, 5) is 4.43. The Morgan fingerprint density at radius 2 is 1.88 bits per heavy atom. The van der Waals surface area contributed by atoms with Crippen LogP contribution in [0.5, 0.6) is 0 Å². The monoisotopic (exact) mass is 233 g/mol. The maximum Gasteiger partial charge on any atom is 0.0953 e. The van der Waals surface area contributed by atoms with Gasteiger partial charge in [0.15, 0.2) is 0 Å². The zero-order valence-electron chi connectivity index (χ0n) is 11.0. The number of hydrogen-bond acceptors (Lipinski definition) is 2. The van der Waals surface area contributed by atoms with Gasteiger partial charge in [0.25, 0.3) is 0 Å². The maximum atomic E-state index is 4.43. The van der Waals surface area contributed by atoms with E-state index in [0.29, 0.717) is 11.0 Å². The Hall–Kier alpha value is -0.830. The van der Waals surface area contributed by atoms with Crippen LogP contribution in [0, 0.1) is 0 Å². The van der Waals surface area contributed by atoms with E-state index in [9.17, 15) is 0 Å². The first-order valence-electron chi connectivity index (χ1n) is 6.88. The summed E-state index contributed by atoms with van der Waals surface area (Å²) in [7, 11) is 0. The van der Waals surface area contributed by atoms with Crippen LogP contribution >= 0.6 is 0 Å². The Morgan fingerprint density at radius 1 is 1.18 bits per heavy atom. The van der Waals surface area contributed by atoms with Crippen molar-refractivity contribution in [2.75, 3.05) is 13.1 Å². The lowest BCUT2D eigenvalue weighted by molar-refractivity contribution is 0.152. The van der Waals surface area contributed by atoms with Crippen LogP contribution in [0.2, 0.25) is 0 Å². The van der Waals surface area contributed by atoms with E-state index in [1.54, 1.807) is 0 Å². The van der Waals surface area contributed by atoms with Gasteiger partial charge in [0.05, 0.1) is 6.33 Å². The largest absolute Gasteiger partial charge is 0.328 e. The summed E-state index contributed by atoms with van der Waals surface area (Å²) in [5, 5.41) is 3.46. The number of hydrogen-bond donors (Lipinski definition) is 1. The second-order valence-corrected chi connectivity index (χ2v) is 6.31. The lowest BCUT2D eigenvalue weighted by Crippen LogP contribution is -2.44. The van der Waals surface area contributed by atoms with Crippen LogP contribution in [0.1, 0.15) is 51.6 Å². The molecular weight excluding hydrogens is 210 g/mol. The number of rotatable bonds is 2. The summed E-state index contributed by atoms with van der Waals surface area (Å²) in [5.74, 6) is 0. The van der Waals surface area contributed by atoms with Crippen LogP contribution in [0.25, 0.3) is 0 Å². The number of imidazole rings is 1. The first-order valence-corrected chi connectivity index (χ1v) is 6.88.